The monoisotopic (exact) mass is 457 g/mol. The van der Waals surface area contributed by atoms with E-state index in [1.807, 2.05) is 37.3 Å². The number of aromatic nitrogens is 2. The minimum atomic E-state index is -0.141. The predicted octanol–water partition coefficient (Wildman–Crippen LogP) is 3.73. The first-order valence-corrected chi connectivity index (χ1v) is 11.5. The van der Waals surface area contributed by atoms with Crippen LogP contribution < -0.4 is 10.6 Å². The van der Waals surface area contributed by atoms with E-state index in [2.05, 4.69) is 34.5 Å². The Morgan fingerprint density at radius 2 is 1.91 bits per heavy atom. The molecular weight excluding hydrogens is 426 g/mol. The number of aryl methyl sites for hydroxylation is 1. The number of para-hydroxylation sites is 1. The number of amides is 2. The lowest BCUT2D eigenvalue weighted by Gasteiger charge is -2.31. The van der Waals surface area contributed by atoms with Gasteiger partial charge in [0.25, 0.3) is 0 Å². The van der Waals surface area contributed by atoms with Crippen LogP contribution in [0.5, 0.6) is 0 Å². The maximum atomic E-state index is 12.4. The summed E-state index contributed by atoms with van der Waals surface area (Å²) in [4.78, 5) is 26.7. The van der Waals surface area contributed by atoms with Crippen LogP contribution in [0.4, 0.5) is 5.69 Å². The molecule has 1 aromatic carbocycles. The molecule has 0 atom stereocenters. The molecule has 3 rings (SSSR count). The number of nitrogens with zero attached hydrogens (tertiary/aromatic N) is 3. The van der Waals surface area contributed by atoms with Crippen molar-refractivity contribution < 1.29 is 9.59 Å². The van der Waals surface area contributed by atoms with Crippen molar-refractivity contribution in [2.75, 3.05) is 25.0 Å². The third-order valence-electron chi connectivity index (χ3n) is 5.41. The fourth-order valence-electron chi connectivity index (χ4n) is 3.79. The van der Waals surface area contributed by atoms with Gasteiger partial charge in [-0.15, -0.1) is 0 Å². The zero-order valence-corrected chi connectivity index (χ0v) is 19.7. The van der Waals surface area contributed by atoms with E-state index in [4.69, 9.17) is 11.6 Å². The Kier molecular flexibility index (Phi) is 8.47. The molecular formula is C24H32ClN5O2. The molecule has 0 radical (unpaired) electrons. The van der Waals surface area contributed by atoms with Gasteiger partial charge >= 0.3 is 0 Å². The molecule has 1 saturated heterocycles. The Morgan fingerprint density at radius 3 is 2.56 bits per heavy atom. The highest BCUT2D eigenvalue weighted by atomic mass is 35.5. The molecule has 1 fully saturated rings. The number of rotatable bonds is 8. The maximum Gasteiger partial charge on any atom is 0.244 e. The summed E-state index contributed by atoms with van der Waals surface area (Å²) in [6, 6.07) is 9.55. The molecule has 32 heavy (non-hydrogen) atoms. The molecule has 0 saturated carbocycles. The van der Waals surface area contributed by atoms with Gasteiger partial charge in [0.05, 0.1) is 12.2 Å². The van der Waals surface area contributed by atoms with Gasteiger partial charge in [-0.05, 0) is 43.9 Å². The Labute approximate surface area is 194 Å². The van der Waals surface area contributed by atoms with E-state index in [-0.39, 0.29) is 17.9 Å². The molecule has 172 valence electrons. The highest BCUT2D eigenvalue weighted by Crippen LogP contribution is 2.22. The van der Waals surface area contributed by atoms with Crippen molar-refractivity contribution in [1.29, 1.82) is 0 Å². The van der Waals surface area contributed by atoms with Gasteiger partial charge in [0.1, 0.15) is 5.15 Å². The average molecular weight is 458 g/mol. The number of benzene rings is 1. The van der Waals surface area contributed by atoms with Crippen LogP contribution in [0.1, 0.15) is 37.9 Å². The molecule has 0 unspecified atom stereocenters. The van der Waals surface area contributed by atoms with Crippen LogP contribution in [-0.2, 0) is 16.1 Å². The number of anilines is 1. The van der Waals surface area contributed by atoms with Crippen molar-refractivity contribution in [1.82, 2.24) is 20.0 Å². The lowest BCUT2D eigenvalue weighted by atomic mass is 10.0. The lowest BCUT2D eigenvalue weighted by Crippen LogP contribution is -2.46. The van der Waals surface area contributed by atoms with Crippen LogP contribution in [0.2, 0.25) is 5.15 Å². The number of piperidine rings is 1. The maximum absolute atomic E-state index is 12.4. The van der Waals surface area contributed by atoms with E-state index in [0.29, 0.717) is 17.6 Å². The van der Waals surface area contributed by atoms with E-state index >= 15 is 0 Å². The SMILES string of the molecule is Cc1nn(CC(C)C)c(Cl)c1/C=C/C(=O)NC1CCN(CC(=O)Nc2ccccc2)CC1. The smallest absolute Gasteiger partial charge is 0.244 e. The topological polar surface area (TPSA) is 79.3 Å². The molecule has 0 bridgehead atoms. The zero-order chi connectivity index (χ0) is 23.1. The number of hydrogen-bond acceptors (Lipinski definition) is 4. The summed E-state index contributed by atoms with van der Waals surface area (Å²) < 4.78 is 1.78. The summed E-state index contributed by atoms with van der Waals surface area (Å²) in [7, 11) is 0. The van der Waals surface area contributed by atoms with E-state index in [0.717, 1.165) is 49.4 Å². The molecule has 1 aliphatic rings. The summed E-state index contributed by atoms with van der Waals surface area (Å²) in [5, 5.41) is 11.0. The average Bonchev–Trinajstić information content (AvgIpc) is 3.00. The Hall–Kier alpha value is -2.64. The van der Waals surface area contributed by atoms with Gasteiger partial charge in [0, 0.05) is 43.0 Å². The largest absolute Gasteiger partial charge is 0.350 e. The fourth-order valence-corrected chi connectivity index (χ4v) is 4.10. The standard InChI is InChI=1S/C24H32ClN5O2/c1-17(2)15-30-24(25)21(18(3)28-30)9-10-22(31)26-20-11-13-29(14-12-20)16-23(32)27-19-7-5-4-6-8-19/h4-10,17,20H,11-16H2,1-3H3,(H,26,31)(H,27,32)/b10-9+. The Bertz CT molecular complexity index is 947. The van der Waals surface area contributed by atoms with Gasteiger partial charge in [-0.2, -0.15) is 5.10 Å². The number of hydrogen-bond donors (Lipinski definition) is 2. The number of halogens is 1. The molecule has 2 amide bonds. The molecule has 2 N–H and O–H groups in total. The predicted molar refractivity (Wildman–Crippen MR) is 129 cm³/mol. The van der Waals surface area contributed by atoms with Crippen LogP contribution in [0, 0.1) is 12.8 Å². The first-order valence-electron chi connectivity index (χ1n) is 11.1. The molecule has 1 aliphatic heterocycles. The summed E-state index contributed by atoms with van der Waals surface area (Å²) in [6.07, 6.45) is 4.88. The minimum absolute atomic E-state index is 0.0214. The zero-order valence-electron chi connectivity index (χ0n) is 19.0. The molecule has 7 nitrogen and oxygen atoms in total. The Morgan fingerprint density at radius 1 is 1.22 bits per heavy atom. The molecule has 2 aromatic rings. The van der Waals surface area contributed by atoms with Crippen molar-refractivity contribution >= 4 is 35.2 Å². The minimum Gasteiger partial charge on any atom is -0.350 e. The summed E-state index contributed by atoms with van der Waals surface area (Å²) in [6.45, 7) is 8.74. The number of likely N-dealkylation sites (tertiary alicyclic amines) is 1. The van der Waals surface area contributed by atoms with Crippen LogP contribution >= 0.6 is 11.6 Å². The molecule has 0 aliphatic carbocycles. The highest BCUT2D eigenvalue weighted by molar-refractivity contribution is 6.31. The second-order valence-corrected chi connectivity index (χ2v) is 9.03. The van der Waals surface area contributed by atoms with E-state index in [1.165, 1.54) is 6.08 Å². The van der Waals surface area contributed by atoms with Crippen molar-refractivity contribution in [2.45, 2.75) is 46.2 Å². The van der Waals surface area contributed by atoms with Crippen molar-refractivity contribution in [3.63, 3.8) is 0 Å². The quantitative estimate of drug-likeness (QED) is 0.592. The van der Waals surface area contributed by atoms with E-state index in [1.54, 1.807) is 10.8 Å². The highest BCUT2D eigenvalue weighted by Gasteiger charge is 2.22. The van der Waals surface area contributed by atoms with Crippen molar-refractivity contribution in [2.24, 2.45) is 5.92 Å². The van der Waals surface area contributed by atoms with Crippen molar-refractivity contribution in [3.05, 3.63) is 52.8 Å². The van der Waals surface area contributed by atoms with Crippen molar-refractivity contribution in [3.8, 4) is 0 Å². The second kappa shape index (κ2) is 11.3. The van der Waals surface area contributed by atoms with Crippen LogP contribution in [0.15, 0.2) is 36.4 Å². The van der Waals surface area contributed by atoms with Crippen LogP contribution in [0.3, 0.4) is 0 Å². The third-order valence-corrected chi connectivity index (χ3v) is 5.81. The Balaban J connectivity index is 1.43. The molecule has 1 aromatic heterocycles. The van der Waals surface area contributed by atoms with Gasteiger partial charge in [-0.25, -0.2) is 0 Å². The summed E-state index contributed by atoms with van der Waals surface area (Å²) in [5.41, 5.74) is 2.39. The molecule has 0 spiro atoms. The number of nitrogens with one attached hydrogen (secondary N) is 2. The molecule has 8 heteroatoms. The first kappa shape index (κ1) is 24.0. The van der Waals surface area contributed by atoms with Gasteiger partial charge < -0.3 is 10.6 Å². The van der Waals surface area contributed by atoms with Crippen LogP contribution in [-0.4, -0.2) is 52.2 Å². The second-order valence-electron chi connectivity index (χ2n) is 8.67. The summed E-state index contributed by atoms with van der Waals surface area (Å²) >= 11 is 6.44. The fraction of sp³-hybridized carbons (Fsp3) is 0.458. The normalized spacial score (nSPS) is 15.4. The van der Waals surface area contributed by atoms with Gasteiger partial charge in [-0.3, -0.25) is 19.2 Å². The van der Waals surface area contributed by atoms with Crippen LogP contribution in [0.25, 0.3) is 6.08 Å². The first-order chi connectivity index (χ1) is 15.3. The number of carbonyl (C=O) groups excluding carboxylic acids is 2. The lowest BCUT2D eigenvalue weighted by molar-refractivity contribution is -0.119. The third kappa shape index (κ3) is 6.93. The van der Waals surface area contributed by atoms with Gasteiger partial charge in [0.2, 0.25) is 11.8 Å². The van der Waals surface area contributed by atoms with Gasteiger partial charge in [0.15, 0.2) is 0 Å². The van der Waals surface area contributed by atoms with E-state index < -0.39 is 0 Å². The van der Waals surface area contributed by atoms with Gasteiger partial charge in [-0.1, -0.05) is 43.6 Å². The molecule has 2 heterocycles. The number of carbonyl (C=O) groups is 2. The van der Waals surface area contributed by atoms with E-state index in [9.17, 15) is 9.59 Å². The summed E-state index contributed by atoms with van der Waals surface area (Å²) in [5.74, 6) is 0.270.